The highest BCUT2D eigenvalue weighted by Crippen LogP contribution is 2.46. The number of piperidine rings is 1. The Morgan fingerprint density at radius 2 is 2.18 bits per heavy atom. The summed E-state index contributed by atoms with van der Waals surface area (Å²) in [5, 5.41) is 10.5. The zero-order chi connectivity index (χ0) is 12.5. The molecule has 0 radical (unpaired) electrons. The first-order chi connectivity index (χ1) is 8.11. The summed E-state index contributed by atoms with van der Waals surface area (Å²) in [6.45, 7) is 3.67. The average molecular weight is 242 g/mol. The molecule has 2 aliphatic rings. The van der Waals surface area contributed by atoms with Crippen molar-refractivity contribution in [3.8, 4) is 0 Å². The van der Waals surface area contributed by atoms with Gasteiger partial charge in [-0.05, 0) is 38.8 Å². The number of nitrogens with zero attached hydrogens (tertiary/aromatic N) is 2. The highest BCUT2D eigenvalue weighted by atomic mass is 16.6. The van der Waals surface area contributed by atoms with Crippen molar-refractivity contribution in [3.05, 3.63) is 10.1 Å². The number of carbonyl (C=O) groups is 1. The van der Waals surface area contributed by atoms with E-state index in [2.05, 4.69) is 4.90 Å². The van der Waals surface area contributed by atoms with Gasteiger partial charge in [0.25, 0.3) is 0 Å². The van der Waals surface area contributed by atoms with Crippen molar-refractivity contribution in [2.24, 2.45) is 5.92 Å². The minimum Gasteiger partial charge on any atom is -0.465 e. The molecule has 17 heavy (non-hydrogen) atoms. The van der Waals surface area contributed by atoms with E-state index in [0.717, 1.165) is 25.9 Å². The monoisotopic (exact) mass is 242 g/mol. The van der Waals surface area contributed by atoms with Crippen LogP contribution in [0.1, 0.15) is 26.2 Å². The Hall–Kier alpha value is -1.17. The van der Waals surface area contributed by atoms with Gasteiger partial charge in [-0.2, -0.15) is 0 Å². The maximum absolute atomic E-state index is 12.2. The molecule has 0 aliphatic carbocycles. The molecule has 2 saturated heterocycles. The molecule has 0 saturated carbocycles. The SMILES string of the molecule is CCOC(=O)C1(CC[N+](=O)[O-])C2CCN1CC2. The Bertz CT molecular complexity index is 311. The second kappa shape index (κ2) is 4.60. The van der Waals surface area contributed by atoms with Crippen LogP contribution in [0.4, 0.5) is 0 Å². The summed E-state index contributed by atoms with van der Waals surface area (Å²) >= 11 is 0. The molecule has 2 aliphatic heterocycles. The van der Waals surface area contributed by atoms with E-state index in [1.165, 1.54) is 0 Å². The summed E-state index contributed by atoms with van der Waals surface area (Å²) in [4.78, 5) is 24.4. The van der Waals surface area contributed by atoms with Crippen LogP contribution in [0.15, 0.2) is 0 Å². The molecule has 0 aromatic rings. The third-order valence-corrected chi connectivity index (χ3v) is 4.04. The molecule has 0 amide bonds. The molecule has 0 aromatic carbocycles. The smallest absolute Gasteiger partial charge is 0.327 e. The zero-order valence-corrected chi connectivity index (χ0v) is 10.1. The van der Waals surface area contributed by atoms with Crippen molar-refractivity contribution in [1.82, 2.24) is 4.90 Å². The maximum atomic E-state index is 12.2. The summed E-state index contributed by atoms with van der Waals surface area (Å²) in [6, 6.07) is 0. The van der Waals surface area contributed by atoms with Crippen LogP contribution < -0.4 is 0 Å². The van der Waals surface area contributed by atoms with Crippen molar-refractivity contribution in [3.63, 3.8) is 0 Å². The quantitative estimate of drug-likeness (QED) is 0.402. The first-order valence-corrected chi connectivity index (χ1v) is 6.15. The van der Waals surface area contributed by atoms with E-state index in [0.29, 0.717) is 6.61 Å². The van der Waals surface area contributed by atoms with Crippen LogP contribution in [-0.2, 0) is 9.53 Å². The third kappa shape index (κ3) is 1.90. The first kappa shape index (κ1) is 12.3. The third-order valence-electron chi connectivity index (χ3n) is 4.04. The minimum absolute atomic E-state index is 0.161. The molecule has 6 nitrogen and oxygen atoms in total. The fourth-order valence-corrected chi connectivity index (χ4v) is 3.29. The summed E-state index contributed by atoms with van der Waals surface area (Å²) in [7, 11) is 0. The number of fused-ring (bicyclic) bond motifs is 2. The van der Waals surface area contributed by atoms with Gasteiger partial charge in [0.1, 0.15) is 5.54 Å². The Kier molecular flexibility index (Phi) is 3.33. The molecule has 0 N–H and O–H groups in total. The standard InChI is InChI=1S/C11H18N2O4/c1-2-17-10(14)11(5-8-13(15)16)9-3-6-12(11)7-4-9/h9H,2-8H2,1H3. The van der Waals surface area contributed by atoms with E-state index < -0.39 is 5.54 Å². The summed E-state index contributed by atoms with van der Waals surface area (Å²) < 4.78 is 5.14. The van der Waals surface area contributed by atoms with E-state index in [1.807, 2.05) is 0 Å². The lowest BCUT2D eigenvalue weighted by Crippen LogP contribution is -2.51. The Labute approximate surface area is 100 Å². The van der Waals surface area contributed by atoms with Crippen LogP contribution in [0.3, 0.4) is 0 Å². The molecule has 0 aromatic heterocycles. The number of hydrogen-bond donors (Lipinski definition) is 0. The molecule has 2 rings (SSSR count). The van der Waals surface area contributed by atoms with Crippen molar-refractivity contribution >= 4 is 5.97 Å². The summed E-state index contributed by atoms with van der Waals surface area (Å²) in [5.41, 5.74) is -0.705. The number of carbonyl (C=O) groups excluding carboxylic acids is 1. The van der Waals surface area contributed by atoms with Gasteiger partial charge >= 0.3 is 5.97 Å². The Morgan fingerprint density at radius 3 is 2.59 bits per heavy atom. The molecule has 6 heteroatoms. The normalized spacial score (nSPS) is 34.9. The molecule has 2 heterocycles. The van der Waals surface area contributed by atoms with E-state index in [9.17, 15) is 14.9 Å². The zero-order valence-electron chi connectivity index (χ0n) is 10.1. The van der Waals surface area contributed by atoms with Crippen LogP contribution >= 0.6 is 0 Å². The summed E-state index contributed by atoms with van der Waals surface area (Å²) in [5.74, 6) is -0.0247. The second-order valence-corrected chi connectivity index (χ2v) is 4.71. The molecule has 2 fully saturated rings. The van der Waals surface area contributed by atoms with Crippen LogP contribution in [0.2, 0.25) is 0 Å². The van der Waals surface area contributed by atoms with Crippen molar-refractivity contribution < 1.29 is 14.5 Å². The van der Waals surface area contributed by atoms with Crippen molar-refractivity contribution in [1.29, 1.82) is 0 Å². The molecule has 0 spiro atoms. The fraction of sp³-hybridized carbons (Fsp3) is 0.909. The Balaban J connectivity index is 2.17. The van der Waals surface area contributed by atoms with Crippen LogP contribution in [0, 0.1) is 16.0 Å². The number of nitro groups is 1. The van der Waals surface area contributed by atoms with Gasteiger partial charge in [-0.1, -0.05) is 0 Å². The lowest BCUT2D eigenvalue weighted by Gasteiger charge is -2.32. The van der Waals surface area contributed by atoms with Crippen molar-refractivity contribution in [2.45, 2.75) is 31.7 Å². The van der Waals surface area contributed by atoms with Crippen LogP contribution in [0.25, 0.3) is 0 Å². The second-order valence-electron chi connectivity index (χ2n) is 4.71. The van der Waals surface area contributed by atoms with Gasteiger partial charge in [-0.3, -0.25) is 19.8 Å². The summed E-state index contributed by atoms with van der Waals surface area (Å²) in [6.07, 6.45) is 2.19. The van der Waals surface area contributed by atoms with Gasteiger partial charge in [0.2, 0.25) is 6.54 Å². The topological polar surface area (TPSA) is 72.7 Å². The number of esters is 1. The van der Waals surface area contributed by atoms with E-state index >= 15 is 0 Å². The van der Waals surface area contributed by atoms with Gasteiger partial charge in [0, 0.05) is 11.3 Å². The van der Waals surface area contributed by atoms with Gasteiger partial charge in [-0.25, -0.2) is 0 Å². The maximum Gasteiger partial charge on any atom is 0.327 e. The minimum atomic E-state index is -0.705. The predicted molar refractivity (Wildman–Crippen MR) is 60.1 cm³/mol. The number of hydrogen-bond acceptors (Lipinski definition) is 5. The lowest BCUT2D eigenvalue weighted by molar-refractivity contribution is -0.482. The van der Waals surface area contributed by atoms with Gasteiger partial charge in [0.15, 0.2) is 0 Å². The van der Waals surface area contributed by atoms with Gasteiger partial charge in [0.05, 0.1) is 6.61 Å². The van der Waals surface area contributed by atoms with E-state index in [1.54, 1.807) is 6.92 Å². The lowest BCUT2D eigenvalue weighted by atomic mass is 9.83. The van der Waals surface area contributed by atoms with E-state index in [4.69, 9.17) is 4.74 Å². The molecule has 1 atom stereocenters. The highest BCUT2D eigenvalue weighted by molar-refractivity contribution is 5.82. The first-order valence-electron chi connectivity index (χ1n) is 6.15. The van der Waals surface area contributed by atoms with E-state index in [-0.39, 0.29) is 29.8 Å². The number of ether oxygens (including phenoxy) is 1. The largest absolute Gasteiger partial charge is 0.465 e. The highest BCUT2D eigenvalue weighted by Gasteiger charge is 2.59. The molecular weight excluding hydrogens is 224 g/mol. The average Bonchev–Trinajstić information content (AvgIpc) is 2.82. The van der Waals surface area contributed by atoms with Gasteiger partial charge < -0.3 is 4.74 Å². The fourth-order valence-electron chi connectivity index (χ4n) is 3.29. The molecule has 2 bridgehead atoms. The van der Waals surface area contributed by atoms with Crippen LogP contribution in [0.5, 0.6) is 0 Å². The number of rotatable bonds is 5. The van der Waals surface area contributed by atoms with Crippen molar-refractivity contribution in [2.75, 3.05) is 26.2 Å². The predicted octanol–water partition coefficient (Wildman–Crippen LogP) is 0.681. The Morgan fingerprint density at radius 1 is 1.53 bits per heavy atom. The van der Waals surface area contributed by atoms with Crippen LogP contribution in [-0.4, -0.2) is 47.6 Å². The van der Waals surface area contributed by atoms with Gasteiger partial charge in [-0.15, -0.1) is 0 Å². The molecule has 1 unspecified atom stereocenters. The molecule has 96 valence electrons. The molecular formula is C11H18N2O4.